The van der Waals surface area contributed by atoms with Gasteiger partial charge in [0.05, 0.1) is 41.0 Å². The average Bonchev–Trinajstić information content (AvgIpc) is 4.26. The number of aromatic nitrogens is 9. The van der Waals surface area contributed by atoms with Gasteiger partial charge in [-0.2, -0.15) is 0 Å². The van der Waals surface area contributed by atoms with Crippen molar-refractivity contribution in [2.45, 2.75) is 130 Å². The standard InChI is InChI=1S/C57H70N14O6S/c1-38-51(78-37-63-38)41-22-20-39(21-23-41)31-61-55(75)48-30-45(72)35-71(48)56(76)52(57(2,3)4)64-50(73)19-13-17-44-34-70(68-65-44)26-9-7-6-8-10-27-77-46-18-11-14-40(28-46)32-60-54(74)42-15-12-16-43(29-42)59-33-49-66-67-53(69(49)5)47-24-25-58-36-62-47/h11-12,14-16,18,20-25,28-29,34,36-37,45,48,52,59,72H,6-10,13,17,19,26-27,30-33,35H2,1-5H3,(H,60,74)(H,61,75)(H,64,73)/t45-,48+,52-/m1/s1. The number of carbonyl (C=O) groups is 4. The van der Waals surface area contributed by atoms with Crippen LogP contribution in [0.4, 0.5) is 5.69 Å². The largest absolute Gasteiger partial charge is 0.494 e. The van der Waals surface area contributed by atoms with E-state index < -0.39 is 29.5 Å². The Hall–Kier alpha value is -7.91. The highest BCUT2D eigenvalue weighted by atomic mass is 32.1. The number of hydrogen-bond acceptors (Lipinski definition) is 15. The monoisotopic (exact) mass is 1080 g/mol. The third-order valence-corrected chi connectivity index (χ3v) is 14.6. The number of ether oxygens (including phenoxy) is 1. The molecule has 0 spiro atoms. The Morgan fingerprint density at radius 2 is 1.65 bits per heavy atom. The van der Waals surface area contributed by atoms with Crippen molar-refractivity contribution in [3.63, 3.8) is 0 Å². The van der Waals surface area contributed by atoms with E-state index in [4.69, 9.17) is 4.74 Å². The minimum atomic E-state index is -0.900. The van der Waals surface area contributed by atoms with Crippen LogP contribution in [0.25, 0.3) is 22.0 Å². The SMILES string of the molecule is Cc1ncsc1-c1ccc(CNC(=O)[C@@H]2C[C@@H](O)CN2C(=O)[C@@H](NC(=O)CCCc2cn(CCCCCCCOc3cccc(CNC(=O)c4cccc(NCc5nnc(-c6ccncn6)n5C)c4)c3)nn2)C(C)(C)C)cc1. The van der Waals surface area contributed by atoms with E-state index in [2.05, 4.69) is 56.7 Å². The van der Waals surface area contributed by atoms with Gasteiger partial charge in [0, 0.05) is 69.7 Å². The van der Waals surface area contributed by atoms with Crippen molar-refractivity contribution in [2.75, 3.05) is 18.5 Å². The van der Waals surface area contributed by atoms with Gasteiger partial charge in [0.2, 0.25) is 17.7 Å². The molecule has 0 aliphatic carbocycles. The van der Waals surface area contributed by atoms with Gasteiger partial charge in [0.15, 0.2) is 11.6 Å². The maximum Gasteiger partial charge on any atom is 0.251 e. The fourth-order valence-electron chi connectivity index (χ4n) is 9.24. The molecule has 5 N–H and O–H groups in total. The third-order valence-electron chi connectivity index (χ3n) is 13.6. The van der Waals surface area contributed by atoms with Crippen LogP contribution in [0.15, 0.2) is 103 Å². The molecule has 1 aliphatic heterocycles. The Labute approximate surface area is 458 Å². The molecule has 0 unspecified atom stereocenters. The van der Waals surface area contributed by atoms with E-state index >= 15 is 0 Å². The number of aryl methyl sites for hydroxylation is 3. The van der Waals surface area contributed by atoms with Gasteiger partial charge in [0.25, 0.3) is 5.91 Å². The number of aliphatic hydroxyl groups is 1. The first-order valence-corrected chi connectivity index (χ1v) is 27.5. The summed E-state index contributed by atoms with van der Waals surface area (Å²) in [4.78, 5) is 69.1. The summed E-state index contributed by atoms with van der Waals surface area (Å²) in [6, 6.07) is 23.0. The number of likely N-dealkylation sites (tertiary alicyclic amines) is 1. The van der Waals surface area contributed by atoms with E-state index in [0.717, 1.165) is 88.9 Å². The van der Waals surface area contributed by atoms with Crippen molar-refractivity contribution >= 4 is 40.7 Å². The first-order chi connectivity index (χ1) is 37.7. The number of anilines is 1. The Kier molecular flexibility index (Phi) is 19.4. The van der Waals surface area contributed by atoms with Gasteiger partial charge >= 0.3 is 0 Å². The second kappa shape index (κ2) is 26.9. The molecule has 0 bridgehead atoms. The number of aliphatic hydroxyl groups excluding tert-OH is 1. The van der Waals surface area contributed by atoms with Gasteiger partial charge in [0.1, 0.15) is 29.9 Å². The summed E-state index contributed by atoms with van der Waals surface area (Å²) in [6.07, 6.45) is 10.6. The predicted molar refractivity (Wildman–Crippen MR) is 297 cm³/mol. The van der Waals surface area contributed by atoms with Gasteiger partial charge in [-0.3, -0.25) is 23.9 Å². The van der Waals surface area contributed by atoms with Gasteiger partial charge in [-0.05, 0) is 91.1 Å². The number of nitrogens with one attached hydrogen (secondary N) is 4. The fourth-order valence-corrected chi connectivity index (χ4v) is 10.1. The second-order valence-electron chi connectivity index (χ2n) is 20.7. The quantitative estimate of drug-likeness (QED) is 0.0343. The molecule has 410 valence electrons. The summed E-state index contributed by atoms with van der Waals surface area (Å²) in [5.41, 5.74) is 7.83. The fraction of sp³-hybridized carbons (Fsp3) is 0.421. The summed E-state index contributed by atoms with van der Waals surface area (Å²) in [5.74, 6) is 0.925. The number of β-amino-alcohol motifs (C(OH)–C–C–N with tert-alkyl or cyclic N) is 1. The lowest BCUT2D eigenvalue weighted by Gasteiger charge is -2.35. The molecular weight excluding hydrogens is 1010 g/mol. The first-order valence-electron chi connectivity index (χ1n) is 26.6. The molecule has 1 fully saturated rings. The molecule has 4 amide bonds. The molecule has 0 saturated carbocycles. The van der Waals surface area contributed by atoms with E-state index in [9.17, 15) is 24.3 Å². The van der Waals surface area contributed by atoms with Crippen molar-refractivity contribution < 1.29 is 29.0 Å². The number of hydrogen-bond donors (Lipinski definition) is 5. The van der Waals surface area contributed by atoms with Crippen LogP contribution in [-0.2, 0) is 54.0 Å². The Bertz CT molecular complexity index is 3100. The zero-order valence-corrected chi connectivity index (χ0v) is 45.8. The number of carbonyl (C=O) groups excluding carboxylic acids is 4. The van der Waals surface area contributed by atoms with Crippen molar-refractivity contribution in [3.8, 4) is 27.7 Å². The van der Waals surface area contributed by atoms with E-state index in [1.165, 1.54) is 11.2 Å². The van der Waals surface area contributed by atoms with Crippen molar-refractivity contribution in [1.29, 1.82) is 0 Å². The second-order valence-corrected chi connectivity index (χ2v) is 21.6. The molecule has 8 rings (SSSR count). The summed E-state index contributed by atoms with van der Waals surface area (Å²) >= 11 is 1.58. The third kappa shape index (κ3) is 15.6. The van der Waals surface area contributed by atoms with Crippen LogP contribution in [0.2, 0.25) is 0 Å². The molecule has 3 atom stereocenters. The highest BCUT2D eigenvalue weighted by Crippen LogP contribution is 2.29. The normalized spacial score (nSPS) is 14.7. The molecule has 0 radical (unpaired) electrons. The molecule has 4 aromatic heterocycles. The summed E-state index contributed by atoms with van der Waals surface area (Å²) in [7, 11) is 1.88. The maximum atomic E-state index is 14.1. The molecule has 7 aromatic rings. The summed E-state index contributed by atoms with van der Waals surface area (Å²) in [5, 5.41) is 40.1. The van der Waals surface area contributed by atoms with Gasteiger partial charge in [-0.25, -0.2) is 15.0 Å². The summed E-state index contributed by atoms with van der Waals surface area (Å²) < 4.78 is 9.78. The van der Waals surface area contributed by atoms with Crippen LogP contribution >= 0.6 is 11.3 Å². The van der Waals surface area contributed by atoms with Gasteiger partial charge < -0.3 is 40.6 Å². The average molecular weight is 1080 g/mol. The van der Waals surface area contributed by atoms with Crippen LogP contribution < -0.4 is 26.0 Å². The molecule has 5 heterocycles. The van der Waals surface area contributed by atoms with Gasteiger partial charge in [-0.1, -0.05) is 87.7 Å². The Morgan fingerprint density at radius 3 is 2.44 bits per heavy atom. The highest BCUT2D eigenvalue weighted by Gasteiger charge is 2.44. The predicted octanol–water partition coefficient (Wildman–Crippen LogP) is 7.00. The minimum Gasteiger partial charge on any atom is -0.494 e. The molecular formula is C57H70N14O6S. The molecule has 21 heteroatoms. The van der Waals surface area contributed by atoms with Crippen LogP contribution in [0, 0.1) is 12.3 Å². The van der Waals surface area contributed by atoms with Crippen LogP contribution in [0.1, 0.15) is 111 Å². The lowest BCUT2D eigenvalue weighted by atomic mass is 9.85. The van der Waals surface area contributed by atoms with Crippen molar-refractivity contribution in [3.05, 3.63) is 137 Å². The number of amides is 4. The van der Waals surface area contributed by atoms with E-state index in [1.807, 2.05) is 122 Å². The number of rotatable bonds is 26. The molecule has 78 heavy (non-hydrogen) atoms. The molecule has 1 aliphatic rings. The first kappa shape index (κ1) is 56.3. The summed E-state index contributed by atoms with van der Waals surface area (Å²) in [6.45, 7) is 9.98. The molecule has 1 saturated heterocycles. The van der Waals surface area contributed by atoms with Gasteiger partial charge in [-0.15, -0.1) is 26.6 Å². The lowest BCUT2D eigenvalue weighted by Crippen LogP contribution is -2.57. The smallest absolute Gasteiger partial charge is 0.251 e. The number of nitrogens with zero attached hydrogens (tertiary/aromatic N) is 10. The Morgan fingerprint density at radius 1 is 0.859 bits per heavy atom. The zero-order valence-electron chi connectivity index (χ0n) is 45.0. The molecule has 20 nitrogen and oxygen atoms in total. The van der Waals surface area contributed by atoms with E-state index in [0.29, 0.717) is 49.6 Å². The zero-order chi connectivity index (χ0) is 55.0. The van der Waals surface area contributed by atoms with E-state index in [-0.39, 0.29) is 43.7 Å². The lowest BCUT2D eigenvalue weighted by molar-refractivity contribution is -0.144. The van der Waals surface area contributed by atoms with Crippen LogP contribution in [0.3, 0.4) is 0 Å². The molecule has 3 aromatic carbocycles. The van der Waals surface area contributed by atoms with Crippen LogP contribution in [-0.4, -0.2) is 110 Å². The van der Waals surface area contributed by atoms with Crippen molar-refractivity contribution in [2.24, 2.45) is 12.5 Å². The van der Waals surface area contributed by atoms with E-state index in [1.54, 1.807) is 29.7 Å². The van der Waals surface area contributed by atoms with Crippen molar-refractivity contribution in [1.82, 2.24) is 65.6 Å². The number of thiazole rings is 1. The Balaban J connectivity index is 0.682. The topological polar surface area (TPSA) is 249 Å². The number of unbranched alkanes of at least 4 members (excludes halogenated alkanes) is 4. The van der Waals surface area contributed by atoms with Crippen LogP contribution in [0.5, 0.6) is 5.75 Å². The maximum absolute atomic E-state index is 14.1. The highest BCUT2D eigenvalue weighted by molar-refractivity contribution is 7.13. The minimum absolute atomic E-state index is 0.00936. The number of benzene rings is 3.